The Morgan fingerprint density at radius 2 is 1.75 bits per heavy atom. The lowest BCUT2D eigenvalue weighted by molar-refractivity contribution is -0.137. The SMILES string of the molecule is COc1ccc(CC(=O)Nc2c(-c3ccc(C(F)(F)F)cc3)n[nH]c2C)cc1. The number of aromatic amines is 1. The van der Waals surface area contributed by atoms with Crippen LogP contribution < -0.4 is 10.1 Å². The van der Waals surface area contributed by atoms with Gasteiger partial charge in [-0.1, -0.05) is 24.3 Å². The molecule has 0 bridgehead atoms. The molecule has 0 aliphatic heterocycles. The third-order valence-corrected chi connectivity index (χ3v) is 4.22. The first-order chi connectivity index (χ1) is 13.3. The van der Waals surface area contributed by atoms with Crippen molar-refractivity contribution in [3.05, 3.63) is 65.4 Å². The van der Waals surface area contributed by atoms with Gasteiger partial charge in [-0.25, -0.2) is 0 Å². The summed E-state index contributed by atoms with van der Waals surface area (Å²) in [6, 6.07) is 11.7. The van der Waals surface area contributed by atoms with Crippen LogP contribution in [0.3, 0.4) is 0 Å². The van der Waals surface area contributed by atoms with E-state index in [4.69, 9.17) is 4.74 Å². The number of aromatic nitrogens is 2. The van der Waals surface area contributed by atoms with Crippen molar-refractivity contribution in [3.63, 3.8) is 0 Å². The number of halogens is 3. The summed E-state index contributed by atoms with van der Waals surface area (Å²) in [5, 5.41) is 9.68. The first kappa shape index (κ1) is 19.5. The van der Waals surface area contributed by atoms with Gasteiger partial charge < -0.3 is 10.1 Å². The quantitative estimate of drug-likeness (QED) is 0.671. The van der Waals surface area contributed by atoms with E-state index in [9.17, 15) is 18.0 Å². The van der Waals surface area contributed by atoms with Crippen LogP contribution in [0.5, 0.6) is 5.75 Å². The van der Waals surface area contributed by atoms with E-state index < -0.39 is 11.7 Å². The van der Waals surface area contributed by atoms with Crippen LogP contribution in [0.1, 0.15) is 16.8 Å². The number of nitrogens with zero attached hydrogens (tertiary/aromatic N) is 1. The summed E-state index contributed by atoms with van der Waals surface area (Å²) >= 11 is 0. The molecular formula is C20H18F3N3O2. The zero-order valence-electron chi connectivity index (χ0n) is 15.2. The number of nitrogens with one attached hydrogen (secondary N) is 2. The van der Waals surface area contributed by atoms with Gasteiger partial charge in [0.1, 0.15) is 11.4 Å². The molecule has 2 N–H and O–H groups in total. The monoisotopic (exact) mass is 389 g/mol. The number of alkyl halides is 3. The predicted octanol–water partition coefficient (Wildman–Crippen LogP) is 4.59. The van der Waals surface area contributed by atoms with Crippen molar-refractivity contribution in [3.8, 4) is 17.0 Å². The minimum Gasteiger partial charge on any atom is -0.497 e. The minimum atomic E-state index is -4.41. The normalized spacial score (nSPS) is 11.3. The molecule has 3 aromatic rings. The van der Waals surface area contributed by atoms with Crippen molar-refractivity contribution < 1.29 is 22.7 Å². The lowest BCUT2D eigenvalue weighted by Gasteiger charge is -2.09. The number of amides is 1. The maximum absolute atomic E-state index is 12.7. The van der Waals surface area contributed by atoms with Crippen molar-refractivity contribution in [2.24, 2.45) is 0 Å². The van der Waals surface area contributed by atoms with E-state index in [1.165, 1.54) is 12.1 Å². The highest BCUT2D eigenvalue weighted by Gasteiger charge is 2.30. The van der Waals surface area contributed by atoms with Gasteiger partial charge in [-0.05, 0) is 36.8 Å². The molecular weight excluding hydrogens is 371 g/mol. The molecule has 2 aromatic carbocycles. The molecule has 0 unspecified atom stereocenters. The Hall–Kier alpha value is -3.29. The Morgan fingerprint density at radius 1 is 1.11 bits per heavy atom. The second-order valence-corrected chi connectivity index (χ2v) is 6.22. The molecule has 5 nitrogen and oxygen atoms in total. The summed E-state index contributed by atoms with van der Waals surface area (Å²) < 4.78 is 43.3. The molecule has 0 saturated carbocycles. The van der Waals surface area contributed by atoms with Crippen molar-refractivity contribution in [1.82, 2.24) is 10.2 Å². The van der Waals surface area contributed by atoms with Crippen LogP contribution in [-0.2, 0) is 17.4 Å². The van der Waals surface area contributed by atoms with Gasteiger partial charge in [0, 0.05) is 5.56 Å². The Morgan fingerprint density at radius 3 is 2.32 bits per heavy atom. The highest BCUT2D eigenvalue weighted by Crippen LogP contribution is 2.33. The molecule has 0 atom stereocenters. The van der Waals surface area contributed by atoms with Gasteiger partial charge in [0.05, 0.1) is 30.5 Å². The number of rotatable bonds is 5. The number of H-pyrrole nitrogens is 1. The average Bonchev–Trinajstić information content (AvgIpc) is 3.02. The van der Waals surface area contributed by atoms with E-state index in [1.807, 2.05) is 0 Å². The fourth-order valence-electron chi connectivity index (χ4n) is 2.72. The molecule has 0 saturated heterocycles. The lowest BCUT2D eigenvalue weighted by Crippen LogP contribution is -2.15. The van der Waals surface area contributed by atoms with E-state index in [2.05, 4.69) is 15.5 Å². The van der Waals surface area contributed by atoms with Gasteiger partial charge in [0.2, 0.25) is 5.91 Å². The number of methoxy groups -OCH3 is 1. The van der Waals surface area contributed by atoms with Crippen molar-refractivity contribution in [1.29, 1.82) is 0 Å². The lowest BCUT2D eigenvalue weighted by atomic mass is 10.1. The molecule has 1 aromatic heterocycles. The van der Waals surface area contributed by atoms with Crippen LogP contribution in [0.15, 0.2) is 48.5 Å². The molecule has 1 amide bonds. The van der Waals surface area contributed by atoms with Crippen LogP contribution in [0, 0.1) is 6.92 Å². The second-order valence-electron chi connectivity index (χ2n) is 6.22. The van der Waals surface area contributed by atoms with Crippen LogP contribution >= 0.6 is 0 Å². The number of aryl methyl sites for hydroxylation is 1. The fraction of sp³-hybridized carbons (Fsp3) is 0.200. The summed E-state index contributed by atoms with van der Waals surface area (Å²) in [5.74, 6) is 0.433. The van der Waals surface area contributed by atoms with Crippen molar-refractivity contribution in [2.45, 2.75) is 19.5 Å². The second kappa shape index (κ2) is 7.75. The highest BCUT2D eigenvalue weighted by molar-refractivity contribution is 5.96. The first-order valence-electron chi connectivity index (χ1n) is 8.43. The summed E-state index contributed by atoms with van der Waals surface area (Å²) in [6.07, 6.45) is -4.27. The van der Waals surface area contributed by atoms with Crippen LogP contribution in [0.25, 0.3) is 11.3 Å². The summed E-state index contributed by atoms with van der Waals surface area (Å²) in [5.41, 5.74) is 1.96. The number of carbonyl (C=O) groups excluding carboxylic acids is 1. The van der Waals surface area contributed by atoms with Crippen molar-refractivity contribution >= 4 is 11.6 Å². The number of ether oxygens (including phenoxy) is 1. The number of hydrogen-bond donors (Lipinski definition) is 2. The molecule has 0 spiro atoms. The maximum atomic E-state index is 12.7. The van der Waals surface area contributed by atoms with E-state index in [1.54, 1.807) is 38.3 Å². The average molecular weight is 389 g/mol. The number of anilines is 1. The molecule has 3 rings (SSSR count). The van der Waals surface area contributed by atoms with Gasteiger partial charge in [-0.3, -0.25) is 9.89 Å². The van der Waals surface area contributed by atoms with Gasteiger partial charge in [-0.2, -0.15) is 18.3 Å². The highest BCUT2D eigenvalue weighted by atomic mass is 19.4. The van der Waals surface area contributed by atoms with Crippen molar-refractivity contribution in [2.75, 3.05) is 12.4 Å². The van der Waals surface area contributed by atoms with Gasteiger partial charge in [-0.15, -0.1) is 0 Å². The van der Waals surface area contributed by atoms with E-state index in [-0.39, 0.29) is 12.3 Å². The molecule has 28 heavy (non-hydrogen) atoms. The minimum absolute atomic E-state index is 0.140. The van der Waals surface area contributed by atoms with Gasteiger partial charge in [0.15, 0.2) is 0 Å². The number of benzene rings is 2. The third kappa shape index (κ3) is 4.33. The molecule has 1 heterocycles. The standard InChI is InChI=1S/C20H18F3N3O2/c1-12-18(24-17(27)11-13-3-9-16(28-2)10-4-13)19(26-25-12)14-5-7-15(8-6-14)20(21,22)23/h3-10H,11H2,1-2H3,(H,24,27)(H,25,26). The van der Waals surface area contributed by atoms with E-state index in [0.717, 1.165) is 17.7 Å². The Kier molecular flexibility index (Phi) is 5.39. The van der Waals surface area contributed by atoms with E-state index >= 15 is 0 Å². The van der Waals surface area contributed by atoms with Crippen LogP contribution in [0.2, 0.25) is 0 Å². The summed E-state index contributed by atoms with van der Waals surface area (Å²) in [4.78, 5) is 12.4. The topological polar surface area (TPSA) is 67.0 Å². The van der Waals surface area contributed by atoms with Gasteiger partial charge >= 0.3 is 6.18 Å². The Bertz CT molecular complexity index is 962. The number of carbonyl (C=O) groups is 1. The Balaban J connectivity index is 1.77. The van der Waals surface area contributed by atoms with Crippen LogP contribution in [-0.4, -0.2) is 23.2 Å². The van der Waals surface area contributed by atoms with Gasteiger partial charge in [0.25, 0.3) is 0 Å². The number of hydrogen-bond acceptors (Lipinski definition) is 3. The zero-order chi connectivity index (χ0) is 20.3. The zero-order valence-corrected chi connectivity index (χ0v) is 15.2. The third-order valence-electron chi connectivity index (χ3n) is 4.22. The fourth-order valence-corrected chi connectivity index (χ4v) is 2.72. The summed E-state index contributed by atoms with van der Waals surface area (Å²) in [7, 11) is 1.56. The molecule has 0 aliphatic rings. The Labute approximate surface area is 159 Å². The molecule has 0 radical (unpaired) electrons. The summed E-state index contributed by atoms with van der Waals surface area (Å²) in [6.45, 7) is 1.73. The van der Waals surface area contributed by atoms with E-state index in [0.29, 0.717) is 28.4 Å². The molecule has 0 fully saturated rings. The molecule has 8 heteroatoms. The van der Waals surface area contributed by atoms with Crippen LogP contribution in [0.4, 0.5) is 18.9 Å². The maximum Gasteiger partial charge on any atom is 0.416 e. The first-order valence-corrected chi connectivity index (χ1v) is 8.43. The predicted molar refractivity (Wildman–Crippen MR) is 99.1 cm³/mol. The largest absolute Gasteiger partial charge is 0.497 e. The molecule has 0 aliphatic carbocycles. The smallest absolute Gasteiger partial charge is 0.416 e. The molecule has 146 valence electrons.